The van der Waals surface area contributed by atoms with E-state index in [1.807, 2.05) is 30.3 Å². The van der Waals surface area contributed by atoms with Gasteiger partial charge in [0.25, 0.3) is 11.8 Å². The highest BCUT2D eigenvalue weighted by Crippen LogP contribution is 2.29. The van der Waals surface area contributed by atoms with Gasteiger partial charge in [0.15, 0.2) is 23.0 Å². The molecule has 1 N–H and O–H groups in total. The fraction of sp³-hybridized carbons (Fsp3) is 0.333. The van der Waals surface area contributed by atoms with Gasteiger partial charge in [-0.15, -0.1) is 0 Å². The van der Waals surface area contributed by atoms with Gasteiger partial charge in [0.05, 0.1) is 28.4 Å². The third-order valence-electron chi connectivity index (χ3n) is 5.35. The van der Waals surface area contributed by atoms with Crippen LogP contribution >= 0.6 is 15.9 Å². The van der Waals surface area contributed by atoms with Crippen LogP contribution in [0.5, 0.6) is 23.0 Å². The van der Waals surface area contributed by atoms with Crippen molar-refractivity contribution < 1.29 is 28.5 Å². The van der Waals surface area contributed by atoms with Gasteiger partial charge in [-0.3, -0.25) is 14.5 Å². The van der Waals surface area contributed by atoms with Crippen molar-refractivity contribution in [1.82, 2.24) is 10.2 Å². The fourth-order valence-electron chi connectivity index (χ4n) is 3.55. The summed E-state index contributed by atoms with van der Waals surface area (Å²) < 4.78 is 21.4. The molecule has 1 heterocycles. The minimum Gasteiger partial charge on any atom is -0.493 e. The van der Waals surface area contributed by atoms with Crippen molar-refractivity contribution in [3.05, 3.63) is 57.7 Å². The predicted molar refractivity (Wildman–Crippen MR) is 127 cm³/mol. The monoisotopic (exact) mass is 518 g/mol. The Morgan fingerprint density at radius 2 is 1.27 bits per heavy atom. The molecule has 0 unspecified atom stereocenters. The molecule has 9 heteroatoms. The van der Waals surface area contributed by atoms with Crippen LogP contribution in [0.4, 0.5) is 0 Å². The SMILES string of the molecule is COc1ccc(CCNC2=C(Br)C(=O)N(CCc3ccc(OC)c(OC)c3)C2=O)cc1OC. The van der Waals surface area contributed by atoms with E-state index in [0.29, 0.717) is 42.4 Å². The number of imide groups is 1. The summed E-state index contributed by atoms with van der Waals surface area (Å²) in [5, 5.41) is 3.10. The maximum absolute atomic E-state index is 12.9. The number of methoxy groups -OCH3 is 4. The molecule has 2 aromatic rings. The van der Waals surface area contributed by atoms with Crippen molar-refractivity contribution >= 4 is 27.7 Å². The van der Waals surface area contributed by atoms with E-state index in [0.717, 1.165) is 11.1 Å². The van der Waals surface area contributed by atoms with Gasteiger partial charge in [-0.25, -0.2) is 0 Å². The van der Waals surface area contributed by atoms with Crippen molar-refractivity contribution in [2.24, 2.45) is 0 Å². The number of hydrogen-bond acceptors (Lipinski definition) is 7. The smallest absolute Gasteiger partial charge is 0.278 e. The Kier molecular flexibility index (Phi) is 8.21. The standard InChI is InChI=1S/C24H27BrN2O6/c1-30-17-7-5-15(13-19(17)32-3)9-11-26-22-21(25)23(28)27(24(22)29)12-10-16-6-8-18(31-2)20(14-16)33-4/h5-8,13-14,26H,9-12H2,1-4H3. The molecule has 0 saturated heterocycles. The van der Waals surface area contributed by atoms with Crippen molar-refractivity contribution in [3.8, 4) is 23.0 Å². The zero-order valence-electron chi connectivity index (χ0n) is 19.1. The lowest BCUT2D eigenvalue weighted by molar-refractivity contribution is -0.137. The zero-order valence-corrected chi connectivity index (χ0v) is 20.7. The molecule has 1 aliphatic heterocycles. The van der Waals surface area contributed by atoms with Gasteiger partial charge in [-0.2, -0.15) is 0 Å². The Balaban J connectivity index is 1.59. The van der Waals surface area contributed by atoms with Gasteiger partial charge >= 0.3 is 0 Å². The van der Waals surface area contributed by atoms with E-state index in [-0.39, 0.29) is 28.5 Å². The molecule has 0 radical (unpaired) electrons. The highest BCUT2D eigenvalue weighted by Gasteiger charge is 2.36. The largest absolute Gasteiger partial charge is 0.493 e. The number of amides is 2. The lowest BCUT2D eigenvalue weighted by Gasteiger charge is -2.16. The molecule has 0 atom stereocenters. The molecule has 2 aromatic carbocycles. The van der Waals surface area contributed by atoms with Crippen molar-refractivity contribution in [2.45, 2.75) is 12.8 Å². The first-order valence-electron chi connectivity index (χ1n) is 10.3. The molecule has 0 fully saturated rings. The summed E-state index contributed by atoms with van der Waals surface area (Å²) in [5.41, 5.74) is 2.21. The van der Waals surface area contributed by atoms with Gasteiger partial charge < -0.3 is 24.3 Å². The number of nitrogens with one attached hydrogen (secondary N) is 1. The van der Waals surface area contributed by atoms with Gasteiger partial charge in [0, 0.05) is 13.1 Å². The summed E-state index contributed by atoms with van der Waals surface area (Å²) in [4.78, 5) is 26.7. The molecule has 2 amide bonds. The lowest BCUT2D eigenvalue weighted by atomic mass is 10.1. The average molecular weight is 519 g/mol. The molecule has 33 heavy (non-hydrogen) atoms. The van der Waals surface area contributed by atoms with Crippen molar-refractivity contribution in [2.75, 3.05) is 41.5 Å². The highest BCUT2D eigenvalue weighted by molar-refractivity contribution is 9.12. The number of carbonyl (C=O) groups excluding carboxylic acids is 2. The van der Waals surface area contributed by atoms with Crippen LogP contribution in [0.3, 0.4) is 0 Å². The Bertz CT molecular complexity index is 1070. The van der Waals surface area contributed by atoms with Crippen LogP contribution in [-0.4, -0.2) is 58.2 Å². The second-order valence-electron chi connectivity index (χ2n) is 7.26. The third kappa shape index (κ3) is 5.42. The number of hydrogen-bond donors (Lipinski definition) is 1. The van der Waals surface area contributed by atoms with Crippen molar-refractivity contribution in [1.29, 1.82) is 0 Å². The normalized spacial score (nSPS) is 13.4. The number of carbonyl (C=O) groups is 2. The molecule has 1 aliphatic rings. The quantitative estimate of drug-likeness (QED) is 0.457. The Labute approximate surface area is 201 Å². The lowest BCUT2D eigenvalue weighted by Crippen LogP contribution is -2.35. The third-order valence-corrected chi connectivity index (χ3v) is 6.08. The topological polar surface area (TPSA) is 86.3 Å². The van der Waals surface area contributed by atoms with Gasteiger partial charge in [0.2, 0.25) is 0 Å². The molecule has 0 saturated carbocycles. The van der Waals surface area contributed by atoms with E-state index in [1.165, 1.54) is 4.90 Å². The molecule has 3 rings (SSSR count). The minimum atomic E-state index is -0.353. The first kappa shape index (κ1) is 24.4. The molecule has 176 valence electrons. The maximum atomic E-state index is 12.9. The number of ether oxygens (including phenoxy) is 4. The summed E-state index contributed by atoms with van der Waals surface area (Å²) in [6.07, 6.45) is 1.13. The van der Waals surface area contributed by atoms with Crippen LogP contribution in [0.1, 0.15) is 11.1 Å². The fourth-order valence-corrected chi connectivity index (χ4v) is 4.07. The van der Waals surface area contributed by atoms with Crippen LogP contribution in [0.15, 0.2) is 46.6 Å². The van der Waals surface area contributed by atoms with Gasteiger partial charge in [0.1, 0.15) is 10.2 Å². The number of halogens is 1. The Morgan fingerprint density at radius 3 is 1.79 bits per heavy atom. The average Bonchev–Trinajstić information content (AvgIpc) is 3.04. The molecular weight excluding hydrogens is 492 g/mol. The molecule has 0 aliphatic carbocycles. The summed E-state index contributed by atoms with van der Waals surface area (Å²) in [6.45, 7) is 0.728. The first-order chi connectivity index (χ1) is 15.9. The van der Waals surface area contributed by atoms with Crippen LogP contribution in [0.25, 0.3) is 0 Å². The van der Waals surface area contributed by atoms with Gasteiger partial charge in [-0.05, 0) is 64.2 Å². The van der Waals surface area contributed by atoms with Crippen LogP contribution < -0.4 is 24.3 Å². The molecular formula is C24H27BrN2O6. The van der Waals surface area contributed by atoms with E-state index in [2.05, 4.69) is 21.2 Å². The maximum Gasteiger partial charge on any atom is 0.278 e. The number of rotatable bonds is 11. The minimum absolute atomic E-state index is 0.243. The van der Waals surface area contributed by atoms with Crippen molar-refractivity contribution in [3.63, 3.8) is 0 Å². The van der Waals surface area contributed by atoms with Crippen LogP contribution in [0, 0.1) is 0 Å². The summed E-state index contributed by atoms with van der Waals surface area (Å²) in [7, 11) is 6.31. The molecule has 8 nitrogen and oxygen atoms in total. The molecule has 0 bridgehead atoms. The second-order valence-corrected chi connectivity index (χ2v) is 8.05. The predicted octanol–water partition coefficient (Wildman–Crippen LogP) is 3.07. The van der Waals surface area contributed by atoms with E-state index in [1.54, 1.807) is 34.5 Å². The summed E-state index contributed by atoms with van der Waals surface area (Å²) in [6, 6.07) is 11.2. The van der Waals surface area contributed by atoms with Gasteiger partial charge in [-0.1, -0.05) is 12.1 Å². The van der Waals surface area contributed by atoms with E-state index in [9.17, 15) is 9.59 Å². The molecule has 0 aromatic heterocycles. The van der Waals surface area contributed by atoms with E-state index < -0.39 is 0 Å². The number of benzene rings is 2. The Hall–Kier alpha value is -3.20. The van der Waals surface area contributed by atoms with E-state index in [4.69, 9.17) is 18.9 Å². The van der Waals surface area contributed by atoms with Crippen LogP contribution in [-0.2, 0) is 22.4 Å². The number of nitrogens with zero attached hydrogens (tertiary/aromatic N) is 1. The second kappa shape index (κ2) is 11.1. The molecule has 0 spiro atoms. The summed E-state index contributed by atoms with van der Waals surface area (Å²) >= 11 is 3.28. The zero-order chi connectivity index (χ0) is 24.0. The Morgan fingerprint density at radius 1 is 0.758 bits per heavy atom. The summed E-state index contributed by atoms with van der Waals surface area (Å²) in [5.74, 6) is 1.82. The van der Waals surface area contributed by atoms with E-state index >= 15 is 0 Å². The van der Waals surface area contributed by atoms with Crippen LogP contribution in [0.2, 0.25) is 0 Å². The highest BCUT2D eigenvalue weighted by atomic mass is 79.9. The first-order valence-corrected chi connectivity index (χ1v) is 11.1.